The molecule has 0 saturated heterocycles. The lowest BCUT2D eigenvalue weighted by Gasteiger charge is -2.15. The number of hydrogen-bond acceptors (Lipinski definition) is 6. The molecule has 7 nitrogen and oxygen atoms in total. The first-order valence-corrected chi connectivity index (χ1v) is 5.48. The van der Waals surface area contributed by atoms with Gasteiger partial charge >= 0.3 is 0 Å². The van der Waals surface area contributed by atoms with Crippen molar-refractivity contribution in [1.29, 1.82) is 0 Å². The topological polar surface area (TPSA) is 132 Å². The fourth-order valence-corrected chi connectivity index (χ4v) is 1.71. The Bertz CT molecular complexity index is 485. The average molecular weight is 249 g/mol. The number of aliphatic hydroxyl groups is 1. The van der Waals surface area contributed by atoms with Gasteiger partial charge in [-0.3, -0.25) is 0 Å². The zero-order chi connectivity index (χ0) is 11.1. The first-order chi connectivity index (χ1) is 6.98. The van der Waals surface area contributed by atoms with Gasteiger partial charge in [0.25, 0.3) is 0 Å². The summed E-state index contributed by atoms with van der Waals surface area (Å²) in [7, 11) is -4.76. The molecule has 1 atom stereocenters. The van der Waals surface area contributed by atoms with E-state index in [1.165, 1.54) is 18.2 Å². The van der Waals surface area contributed by atoms with Crippen LogP contribution in [0.15, 0.2) is 18.2 Å². The maximum absolute atomic E-state index is 10.6. The van der Waals surface area contributed by atoms with Crippen molar-refractivity contribution in [3.63, 3.8) is 0 Å². The molecular weight excluding hydrogens is 238 g/mol. The molecule has 1 unspecified atom stereocenters. The molecule has 2 rings (SSSR count). The fraction of sp³-hybridized carbons (Fsp3) is 0.250. The predicted octanol–water partition coefficient (Wildman–Crippen LogP) is 0.328. The maximum atomic E-state index is 10.6. The minimum absolute atomic E-state index is 0. The number of rotatable bonds is 2. The van der Waals surface area contributed by atoms with Crippen LogP contribution in [-0.4, -0.2) is 24.9 Å². The molecule has 1 aromatic carbocycles. The van der Waals surface area contributed by atoms with Crippen LogP contribution >= 0.6 is 0 Å². The lowest BCUT2D eigenvalue weighted by Crippen LogP contribution is -2.11. The summed E-state index contributed by atoms with van der Waals surface area (Å²) in [6.45, 7) is 0.0407. The van der Waals surface area contributed by atoms with Gasteiger partial charge in [-0.25, -0.2) is 8.42 Å². The molecule has 5 N–H and O–H groups in total. The van der Waals surface area contributed by atoms with Gasteiger partial charge in [0.1, 0.15) is 10.1 Å². The minimum Gasteiger partial charge on any atom is -0.746 e. The second-order valence-corrected chi connectivity index (χ2v) is 4.39. The normalized spacial score (nSPS) is 15.4. The first kappa shape index (κ1) is 12.7. The van der Waals surface area contributed by atoms with Gasteiger partial charge in [0.15, 0.2) is 16.9 Å². The van der Waals surface area contributed by atoms with Crippen LogP contribution in [0.4, 0.5) is 0 Å². The van der Waals surface area contributed by atoms with Gasteiger partial charge in [-0.2, -0.15) is 0 Å². The SMILES string of the molecule is O=S(=O)([O-])C(O)c1ccc2c(c1)OCO2.[NH4+]. The van der Waals surface area contributed by atoms with E-state index in [1.807, 2.05) is 0 Å². The molecule has 90 valence electrons. The summed E-state index contributed by atoms with van der Waals surface area (Å²) in [5.41, 5.74) is -2.11. The molecule has 1 heterocycles. The summed E-state index contributed by atoms with van der Waals surface area (Å²) in [4.78, 5) is 0. The van der Waals surface area contributed by atoms with Gasteiger partial charge in [0.2, 0.25) is 6.79 Å². The molecule has 16 heavy (non-hydrogen) atoms. The summed E-state index contributed by atoms with van der Waals surface area (Å²) in [6, 6.07) is 4.00. The number of benzene rings is 1. The zero-order valence-corrected chi connectivity index (χ0v) is 9.23. The van der Waals surface area contributed by atoms with Crippen LogP contribution in [-0.2, 0) is 10.1 Å². The van der Waals surface area contributed by atoms with E-state index < -0.39 is 15.6 Å². The van der Waals surface area contributed by atoms with Crippen molar-refractivity contribution >= 4 is 10.1 Å². The van der Waals surface area contributed by atoms with E-state index in [4.69, 9.17) is 9.47 Å². The fourth-order valence-electron chi connectivity index (χ4n) is 1.23. The third-order valence-electron chi connectivity index (χ3n) is 1.96. The van der Waals surface area contributed by atoms with E-state index in [1.54, 1.807) is 0 Å². The Balaban J connectivity index is 0.00000128. The minimum atomic E-state index is -4.76. The van der Waals surface area contributed by atoms with E-state index in [0.29, 0.717) is 11.5 Å². The molecule has 0 amide bonds. The summed E-state index contributed by atoms with van der Waals surface area (Å²) in [5.74, 6) is 0.768. The van der Waals surface area contributed by atoms with Gasteiger partial charge in [-0.15, -0.1) is 0 Å². The van der Waals surface area contributed by atoms with Crippen LogP contribution < -0.4 is 15.6 Å². The molecule has 1 aliphatic heterocycles. The van der Waals surface area contributed by atoms with Gasteiger partial charge in [0.05, 0.1) is 0 Å². The highest BCUT2D eigenvalue weighted by atomic mass is 32.2. The molecule has 8 heteroatoms. The predicted molar refractivity (Wildman–Crippen MR) is 53.2 cm³/mol. The largest absolute Gasteiger partial charge is 0.746 e. The van der Waals surface area contributed by atoms with Crippen molar-refractivity contribution < 1.29 is 27.6 Å². The third-order valence-corrected chi connectivity index (χ3v) is 2.77. The average Bonchev–Trinajstić information content (AvgIpc) is 2.61. The zero-order valence-electron chi connectivity index (χ0n) is 8.41. The number of aliphatic hydroxyl groups excluding tert-OH is 1. The summed E-state index contributed by atoms with van der Waals surface area (Å²) in [5, 5.41) is 9.19. The molecule has 0 aromatic heterocycles. The van der Waals surface area contributed by atoms with Crippen molar-refractivity contribution in [3.05, 3.63) is 23.8 Å². The van der Waals surface area contributed by atoms with Crippen LogP contribution in [0.3, 0.4) is 0 Å². The van der Waals surface area contributed by atoms with Gasteiger partial charge in [-0.1, -0.05) is 6.07 Å². The lowest BCUT2D eigenvalue weighted by molar-refractivity contribution is 0.173. The molecule has 0 fully saturated rings. The molecule has 0 saturated carbocycles. The summed E-state index contributed by atoms with van der Waals surface area (Å²) >= 11 is 0. The third kappa shape index (κ3) is 2.25. The second kappa shape index (κ2) is 4.26. The quantitative estimate of drug-likeness (QED) is 0.725. The van der Waals surface area contributed by atoms with Crippen LogP contribution in [0.5, 0.6) is 11.5 Å². The summed E-state index contributed by atoms with van der Waals surface area (Å²) in [6.07, 6.45) is 0. The maximum Gasteiger partial charge on any atom is 0.231 e. The van der Waals surface area contributed by atoms with Crippen molar-refractivity contribution in [1.82, 2.24) is 6.15 Å². The Hall–Kier alpha value is -1.35. The Morgan fingerprint density at radius 3 is 2.56 bits per heavy atom. The number of ether oxygens (including phenoxy) is 2. The van der Waals surface area contributed by atoms with Gasteiger partial charge in [0, 0.05) is 0 Å². The van der Waals surface area contributed by atoms with Crippen LogP contribution in [0.2, 0.25) is 0 Å². The standard InChI is InChI=1S/C8H8O6S.H3N/c9-8(15(10,11)12)5-1-2-6-7(3-5)14-4-13-6;/h1-3,8-9H,4H2,(H,10,11,12);1H3. The molecule has 0 aliphatic carbocycles. The Labute approximate surface area is 91.9 Å². The molecule has 0 spiro atoms. The first-order valence-electron chi connectivity index (χ1n) is 4.01. The Morgan fingerprint density at radius 1 is 1.31 bits per heavy atom. The number of quaternary nitrogens is 1. The molecule has 0 radical (unpaired) electrons. The number of hydrogen-bond donors (Lipinski definition) is 2. The Kier molecular flexibility index (Phi) is 3.38. The smallest absolute Gasteiger partial charge is 0.231 e. The second-order valence-electron chi connectivity index (χ2n) is 2.96. The highest BCUT2D eigenvalue weighted by Crippen LogP contribution is 2.34. The van der Waals surface area contributed by atoms with E-state index >= 15 is 0 Å². The highest BCUT2D eigenvalue weighted by molar-refractivity contribution is 7.85. The lowest BCUT2D eigenvalue weighted by atomic mass is 10.2. The van der Waals surface area contributed by atoms with E-state index in [0.717, 1.165) is 0 Å². The van der Waals surface area contributed by atoms with Crippen LogP contribution in [0.25, 0.3) is 0 Å². The monoisotopic (exact) mass is 249 g/mol. The van der Waals surface area contributed by atoms with E-state index in [9.17, 15) is 18.1 Å². The summed E-state index contributed by atoms with van der Waals surface area (Å²) < 4.78 is 41.6. The molecule has 0 bridgehead atoms. The van der Waals surface area contributed by atoms with Crippen LogP contribution in [0, 0.1) is 0 Å². The number of fused-ring (bicyclic) bond motifs is 1. The van der Waals surface area contributed by atoms with Crippen LogP contribution in [0.1, 0.15) is 11.0 Å². The molecule has 1 aliphatic rings. The molecular formula is C8H11NO6S. The van der Waals surface area contributed by atoms with E-state index in [2.05, 4.69) is 0 Å². The van der Waals surface area contributed by atoms with Crippen molar-refractivity contribution in [2.75, 3.05) is 6.79 Å². The van der Waals surface area contributed by atoms with Gasteiger partial charge in [-0.05, 0) is 17.7 Å². The van der Waals surface area contributed by atoms with Crippen molar-refractivity contribution in [2.45, 2.75) is 5.44 Å². The van der Waals surface area contributed by atoms with E-state index in [-0.39, 0.29) is 18.5 Å². The van der Waals surface area contributed by atoms with Crippen molar-refractivity contribution in [3.8, 4) is 11.5 Å². The molecule has 1 aromatic rings. The Morgan fingerprint density at radius 2 is 1.94 bits per heavy atom. The van der Waals surface area contributed by atoms with Crippen molar-refractivity contribution in [2.24, 2.45) is 0 Å². The van der Waals surface area contributed by atoms with Gasteiger partial charge < -0.3 is 25.3 Å². The highest BCUT2D eigenvalue weighted by Gasteiger charge is 2.19.